The number of methoxy groups -OCH3 is 2. The van der Waals surface area contributed by atoms with Crippen molar-refractivity contribution in [2.75, 3.05) is 40.5 Å². The van der Waals surface area contributed by atoms with Gasteiger partial charge in [0.15, 0.2) is 16.9 Å². The quantitative estimate of drug-likeness (QED) is 0.522. The van der Waals surface area contributed by atoms with Crippen molar-refractivity contribution in [3.05, 3.63) is 57.5 Å². The van der Waals surface area contributed by atoms with E-state index in [9.17, 15) is 27.2 Å². The van der Waals surface area contributed by atoms with Gasteiger partial charge in [-0.05, 0) is 18.2 Å². The number of rotatable bonds is 4. The van der Waals surface area contributed by atoms with Crippen LogP contribution in [0.25, 0.3) is 22.3 Å². The molecule has 0 N–H and O–H groups in total. The highest BCUT2D eigenvalue weighted by molar-refractivity contribution is 6.00. The molecule has 0 atom stereocenters. The van der Waals surface area contributed by atoms with Crippen molar-refractivity contribution in [3.63, 3.8) is 0 Å². The van der Waals surface area contributed by atoms with Gasteiger partial charge in [0.25, 0.3) is 5.91 Å². The Morgan fingerprint density at radius 2 is 1.76 bits per heavy atom. The highest BCUT2D eigenvalue weighted by atomic mass is 19.4. The number of amides is 1. The van der Waals surface area contributed by atoms with E-state index in [4.69, 9.17) is 18.6 Å². The zero-order valence-electron chi connectivity index (χ0n) is 18.1. The van der Waals surface area contributed by atoms with E-state index < -0.39 is 45.6 Å². The summed E-state index contributed by atoms with van der Waals surface area (Å²) in [7, 11) is 2.17. The highest BCUT2D eigenvalue weighted by Gasteiger charge is 2.40. The summed E-state index contributed by atoms with van der Waals surface area (Å²) in [5.74, 6) is -2.38. The Balaban J connectivity index is 1.95. The van der Waals surface area contributed by atoms with E-state index in [1.165, 1.54) is 11.0 Å². The average molecular weight is 481 g/mol. The fourth-order valence-electron chi connectivity index (χ4n) is 3.88. The van der Waals surface area contributed by atoms with Crippen LogP contribution in [-0.2, 0) is 10.9 Å². The van der Waals surface area contributed by atoms with Gasteiger partial charge < -0.3 is 23.5 Å². The van der Waals surface area contributed by atoms with Gasteiger partial charge in [-0.3, -0.25) is 9.59 Å². The largest absolute Gasteiger partial charge is 0.493 e. The number of ether oxygens (including phenoxy) is 3. The molecule has 0 saturated carbocycles. The number of hydrogen-bond acceptors (Lipinski definition) is 6. The molecular formula is C23H19F4NO6. The summed E-state index contributed by atoms with van der Waals surface area (Å²) in [6.45, 7) is 1.18. The molecule has 11 heteroatoms. The number of benzene rings is 2. The standard InChI is InChI=1S/C23H19F4NO6/c1-31-18-11-17-19(20(21(18)32-2)23(25,26)27)15(29)10-16(34-17)13-4-3-12(24)9-14(13)22(30)28-5-7-33-8-6-28/h3-4,9-11H,5-8H2,1-2H3. The Hall–Kier alpha value is -3.60. The molecule has 2 aromatic carbocycles. The maximum Gasteiger partial charge on any atom is 0.420 e. The molecule has 0 radical (unpaired) electrons. The summed E-state index contributed by atoms with van der Waals surface area (Å²) in [5.41, 5.74) is -2.82. The van der Waals surface area contributed by atoms with E-state index in [2.05, 4.69) is 0 Å². The van der Waals surface area contributed by atoms with Gasteiger partial charge >= 0.3 is 6.18 Å². The van der Waals surface area contributed by atoms with Crippen molar-refractivity contribution in [1.82, 2.24) is 4.90 Å². The molecule has 0 aliphatic carbocycles. The summed E-state index contributed by atoms with van der Waals surface area (Å²) in [6, 6.07) is 5.23. The first-order valence-electron chi connectivity index (χ1n) is 10.1. The fraction of sp³-hybridized carbons (Fsp3) is 0.304. The van der Waals surface area contributed by atoms with E-state index in [-0.39, 0.29) is 35.7 Å². The number of alkyl halides is 3. The molecule has 0 unspecified atom stereocenters. The monoisotopic (exact) mass is 481 g/mol. The third-order valence-corrected chi connectivity index (χ3v) is 5.42. The minimum absolute atomic E-state index is 0.0558. The minimum Gasteiger partial charge on any atom is -0.493 e. The van der Waals surface area contributed by atoms with Crippen molar-refractivity contribution in [2.24, 2.45) is 0 Å². The van der Waals surface area contributed by atoms with Gasteiger partial charge in [0.2, 0.25) is 0 Å². The van der Waals surface area contributed by atoms with Crippen molar-refractivity contribution in [3.8, 4) is 22.8 Å². The normalized spacial score (nSPS) is 14.4. The Labute approximate surface area is 190 Å². The van der Waals surface area contributed by atoms with Gasteiger partial charge in [0.1, 0.15) is 22.7 Å². The number of carbonyl (C=O) groups excluding carboxylic acids is 1. The van der Waals surface area contributed by atoms with Crippen molar-refractivity contribution < 1.29 is 41.0 Å². The summed E-state index contributed by atoms with van der Waals surface area (Å²) >= 11 is 0. The number of nitrogens with zero attached hydrogens (tertiary/aromatic N) is 1. The molecular weight excluding hydrogens is 462 g/mol. The van der Waals surface area contributed by atoms with Crippen molar-refractivity contribution >= 4 is 16.9 Å². The first-order chi connectivity index (χ1) is 16.2. The third kappa shape index (κ3) is 4.18. The number of morpholine rings is 1. The van der Waals surface area contributed by atoms with E-state index in [1.807, 2.05) is 0 Å². The lowest BCUT2D eigenvalue weighted by Gasteiger charge is -2.27. The summed E-state index contributed by atoms with van der Waals surface area (Å²) in [6.07, 6.45) is -4.96. The molecule has 1 amide bonds. The van der Waals surface area contributed by atoms with Crippen LogP contribution in [0.4, 0.5) is 17.6 Å². The van der Waals surface area contributed by atoms with Gasteiger partial charge in [0, 0.05) is 30.8 Å². The summed E-state index contributed by atoms with van der Waals surface area (Å²) < 4.78 is 76.5. The maximum atomic E-state index is 14.0. The molecule has 0 bridgehead atoms. The van der Waals surface area contributed by atoms with E-state index in [0.717, 1.165) is 38.5 Å². The highest BCUT2D eigenvalue weighted by Crippen LogP contribution is 2.46. The Bertz CT molecular complexity index is 1310. The molecule has 1 aliphatic heterocycles. The lowest BCUT2D eigenvalue weighted by Crippen LogP contribution is -2.40. The van der Waals surface area contributed by atoms with E-state index in [1.54, 1.807) is 0 Å². The first kappa shape index (κ1) is 23.6. The molecule has 180 valence electrons. The SMILES string of the molecule is COc1cc2oc(-c3ccc(F)cc3C(=O)N3CCOCC3)cc(=O)c2c(C(F)(F)F)c1OC. The molecule has 7 nitrogen and oxygen atoms in total. The maximum absolute atomic E-state index is 14.0. The van der Waals surface area contributed by atoms with Crippen LogP contribution in [0.1, 0.15) is 15.9 Å². The zero-order valence-corrected chi connectivity index (χ0v) is 18.1. The van der Waals surface area contributed by atoms with Gasteiger partial charge in [-0.2, -0.15) is 13.2 Å². The minimum atomic E-state index is -4.96. The molecule has 1 aliphatic rings. The number of hydrogen-bond donors (Lipinski definition) is 0. The van der Waals surface area contributed by atoms with Crippen molar-refractivity contribution in [2.45, 2.75) is 6.18 Å². The molecule has 2 heterocycles. The Morgan fingerprint density at radius 3 is 2.38 bits per heavy atom. The predicted octanol–water partition coefficient (Wildman–Crippen LogP) is 4.11. The zero-order chi connectivity index (χ0) is 24.6. The Kier molecular flexibility index (Phi) is 6.22. The van der Waals surface area contributed by atoms with Gasteiger partial charge in [0.05, 0.1) is 38.4 Å². The van der Waals surface area contributed by atoms with E-state index in [0.29, 0.717) is 13.2 Å². The van der Waals surface area contributed by atoms with Crippen LogP contribution >= 0.6 is 0 Å². The number of fused-ring (bicyclic) bond motifs is 1. The molecule has 4 rings (SSSR count). The van der Waals surface area contributed by atoms with Gasteiger partial charge in [-0.15, -0.1) is 0 Å². The Morgan fingerprint density at radius 1 is 1.06 bits per heavy atom. The molecule has 3 aromatic rings. The van der Waals surface area contributed by atoms with Crippen molar-refractivity contribution in [1.29, 1.82) is 0 Å². The smallest absolute Gasteiger partial charge is 0.420 e. The molecule has 1 fully saturated rings. The van der Waals surface area contributed by atoms with Crippen LogP contribution in [0, 0.1) is 5.82 Å². The van der Waals surface area contributed by atoms with Gasteiger partial charge in [-0.1, -0.05) is 0 Å². The molecule has 1 saturated heterocycles. The molecule has 0 spiro atoms. The lowest BCUT2D eigenvalue weighted by molar-refractivity contribution is -0.137. The first-order valence-corrected chi connectivity index (χ1v) is 10.1. The average Bonchev–Trinajstić information content (AvgIpc) is 2.82. The van der Waals surface area contributed by atoms with E-state index >= 15 is 0 Å². The van der Waals surface area contributed by atoms with Crippen LogP contribution < -0.4 is 14.9 Å². The molecule has 34 heavy (non-hydrogen) atoms. The number of halogens is 4. The topological polar surface area (TPSA) is 78.2 Å². The number of carbonyl (C=O) groups is 1. The van der Waals surface area contributed by atoms with Crippen LogP contribution in [0.3, 0.4) is 0 Å². The van der Waals surface area contributed by atoms with Crippen LogP contribution in [0.2, 0.25) is 0 Å². The second-order valence-electron chi connectivity index (χ2n) is 7.43. The summed E-state index contributed by atoms with van der Waals surface area (Å²) in [4.78, 5) is 27.4. The van der Waals surface area contributed by atoms with Crippen LogP contribution in [0.15, 0.2) is 39.5 Å². The third-order valence-electron chi connectivity index (χ3n) is 5.42. The second kappa shape index (κ2) is 8.98. The summed E-state index contributed by atoms with van der Waals surface area (Å²) in [5, 5.41) is -0.753. The van der Waals surface area contributed by atoms with Crippen LogP contribution in [0.5, 0.6) is 11.5 Å². The predicted molar refractivity (Wildman–Crippen MR) is 113 cm³/mol. The molecule has 1 aromatic heterocycles. The second-order valence-corrected chi connectivity index (χ2v) is 7.43. The fourth-order valence-corrected chi connectivity index (χ4v) is 3.88. The van der Waals surface area contributed by atoms with Crippen LogP contribution in [-0.4, -0.2) is 51.3 Å². The lowest BCUT2D eigenvalue weighted by atomic mass is 10.0. The van der Waals surface area contributed by atoms with Gasteiger partial charge in [-0.25, -0.2) is 4.39 Å².